The second kappa shape index (κ2) is 7.13. The Hall–Kier alpha value is -0.320. The highest BCUT2D eigenvalue weighted by Crippen LogP contribution is 2.80. The number of aliphatic hydroxyl groups excluding tert-OH is 1. The summed E-state index contributed by atoms with van der Waals surface area (Å²) in [7, 11) is 6.79. The molecule has 0 radical (unpaired) electrons. The summed E-state index contributed by atoms with van der Waals surface area (Å²) in [4.78, 5) is 2.33. The molecule has 3 N–H and O–H groups in total. The molecule has 8 nitrogen and oxygen atoms in total. The van der Waals surface area contributed by atoms with Crippen LogP contribution in [0.15, 0.2) is 0 Å². The number of rotatable bonds is 6. The molecular weight excluding hydrogens is 426 g/mol. The molecule has 1 saturated heterocycles. The third-order valence-electron chi connectivity index (χ3n) is 11.5. The quantitative estimate of drug-likeness (QED) is 0.512. The molecule has 7 bridgehead atoms. The number of piperidine rings is 1. The normalized spacial score (nSPS) is 60.9. The maximum absolute atomic E-state index is 12.9. The van der Waals surface area contributed by atoms with Crippen LogP contribution in [-0.2, 0) is 18.9 Å². The zero-order chi connectivity index (χ0) is 23.6. The molecule has 13 atom stereocenters. The highest BCUT2D eigenvalue weighted by molar-refractivity contribution is 5.41. The van der Waals surface area contributed by atoms with E-state index in [1.54, 1.807) is 28.4 Å². The Bertz CT molecular complexity index is 814. The molecule has 33 heavy (non-hydrogen) atoms. The van der Waals surface area contributed by atoms with Crippen LogP contribution < -0.4 is 0 Å². The monoisotopic (exact) mass is 467 g/mol. The molecule has 6 fully saturated rings. The van der Waals surface area contributed by atoms with Gasteiger partial charge >= 0.3 is 0 Å². The maximum atomic E-state index is 12.9. The van der Waals surface area contributed by atoms with Gasteiger partial charge < -0.3 is 34.3 Å². The Morgan fingerprint density at radius 1 is 1.06 bits per heavy atom. The Morgan fingerprint density at radius 2 is 1.82 bits per heavy atom. The molecule has 0 aromatic heterocycles. The molecule has 0 aromatic rings. The minimum Gasteiger partial charge on any atom is -0.392 e. The van der Waals surface area contributed by atoms with E-state index in [1.807, 2.05) is 0 Å². The number of likely N-dealkylation sites (tertiary alicyclic amines) is 1. The third-order valence-corrected chi connectivity index (χ3v) is 11.5. The lowest BCUT2D eigenvalue weighted by Gasteiger charge is -2.69. The van der Waals surface area contributed by atoms with Gasteiger partial charge in [-0.05, 0) is 31.7 Å². The van der Waals surface area contributed by atoms with Gasteiger partial charge in [0.2, 0.25) is 0 Å². The number of fused-ring (bicyclic) bond motifs is 2. The zero-order valence-corrected chi connectivity index (χ0v) is 20.6. The van der Waals surface area contributed by atoms with E-state index in [1.165, 1.54) is 0 Å². The third kappa shape index (κ3) is 2.20. The van der Waals surface area contributed by atoms with Gasteiger partial charge in [-0.1, -0.05) is 6.92 Å². The number of aliphatic hydroxyl groups is 3. The Kier molecular flexibility index (Phi) is 4.99. The molecule has 6 rings (SSSR count). The number of hydrogen-bond acceptors (Lipinski definition) is 8. The lowest BCUT2D eigenvalue weighted by atomic mass is 9.42. The lowest BCUT2D eigenvalue weighted by Crippen LogP contribution is -2.82. The number of nitrogens with zero attached hydrogens (tertiary/aromatic N) is 1. The van der Waals surface area contributed by atoms with E-state index in [-0.39, 0.29) is 47.3 Å². The minimum absolute atomic E-state index is 0.00825. The Balaban J connectivity index is 1.67. The van der Waals surface area contributed by atoms with Gasteiger partial charge in [-0.15, -0.1) is 0 Å². The van der Waals surface area contributed by atoms with Crippen molar-refractivity contribution in [3.63, 3.8) is 0 Å². The number of ether oxygens (including phenoxy) is 4. The molecule has 1 heterocycles. The van der Waals surface area contributed by atoms with Crippen LogP contribution >= 0.6 is 0 Å². The summed E-state index contributed by atoms with van der Waals surface area (Å²) in [5, 5.41) is 37.6. The van der Waals surface area contributed by atoms with Gasteiger partial charge in [0.25, 0.3) is 0 Å². The molecule has 188 valence electrons. The highest BCUT2D eigenvalue weighted by atomic mass is 16.5. The smallest absolute Gasteiger partial charge is 0.136 e. The Labute approximate surface area is 196 Å². The van der Waals surface area contributed by atoms with Crippen LogP contribution in [-0.4, -0.2) is 110 Å². The first-order valence-corrected chi connectivity index (χ1v) is 12.7. The van der Waals surface area contributed by atoms with Crippen molar-refractivity contribution in [3.8, 4) is 0 Å². The van der Waals surface area contributed by atoms with Crippen molar-refractivity contribution in [3.05, 3.63) is 0 Å². The van der Waals surface area contributed by atoms with Crippen molar-refractivity contribution in [2.75, 3.05) is 48.1 Å². The summed E-state index contributed by atoms with van der Waals surface area (Å²) in [5.41, 5.74) is -3.82. The van der Waals surface area contributed by atoms with E-state index in [9.17, 15) is 15.3 Å². The molecule has 0 aromatic carbocycles. The van der Waals surface area contributed by atoms with Crippen LogP contribution in [0.25, 0.3) is 0 Å². The number of methoxy groups -OCH3 is 4. The second-order valence-electron chi connectivity index (χ2n) is 11.9. The molecule has 5 saturated carbocycles. The summed E-state index contributed by atoms with van der Waals surface area (Å²) in [6.07, 6.45) is 1.06. The SMILES string of the molecule is CCN1C[C@]2(COC)CC[C@H](O)[C@@]34[C@@H]5C[C@@H]6[C@@H](OC)[C@H]5[C@](O)(C[C@@H]6OC)[C@](O)([C@@H](OC)[C@H]23)[C@@H]14. The van der Waals surface area contributed by atoms with Crippen LogP contribution in [0.3, 0.4) is 0 Å². The van der Waals surface area contributed by atoms with Crippen LogP contribution in [0, 0.1) is 34.5 Å². The highest BCUT2D eigenvalue weighted by Gasteiger charge is 2.91. The van der Waals surface area contributed by atoms with Crippen LogP contribution in [0.2, 0.25) is 0 Å². The van der Waals surface area contributed by atoms with Crippen LogP contribution in [0.5, 0.6) is 0 Å². The molecule has 1 spiro atoms. The molecule has 0 unspecified atom stereocenters. The average Bonchev–Trinajstić information content (AvgIpc) is 3.22. The van der Waals surface area contributed by atoms with Crippen LogP contribution in [0.1, 0.15) is 32.6 Å². The summed E-state index contributed by atoms with van der Waals surface area (Å²) < 4.78 is 24.0. The van der Waals surface area contributed by atoms with E-state index in [4.69, 9.17) is 18.9 Å². The first-order valence-electron chi connectivity index (χ1n) is 12.7. The largest absolute Gasteiger partial charge is 0.392 e. The molecule has 5 aliphatic carbocycles. The maximum Gasteiger partial charge on any atom is 0.136 e. The molecule has 8 heteroatoms. The summed E-state index contributed by atoms with van der Waals surface area (Å²) in [6.45, 7) is 4.18. The van der Waals surface area contributed by atoms with E-state index in [2.05, 4.69) is 11.8 Å². The topological polar surface area (TPSA) is 101 Å². The Morgan fingerprint density at radius 3 is 2.42 bits per heavy atom. The van der Waals surface area contributed by atoms with Gasteiger partial charge in [0.15, 0.2) is 0 Å². The summed E-state index contributed by atoms with van der Waals surface area (Å²) >= 11 is 0. The van der Waals surface area contributed by atoms with Crippen LogP contribution in [0.4, 0.5) is 0 Å². The van der Waals surface area contributed by atoms with E-state index in [0.29, 0.717) is 19.4 Å². The summed E-state index contributed by atoms with van der Waals surface area (Å²) in [6, 6.07) is -0.386. The fourth-order valence-electron chi connectivity index (χ4n) is 11.0. The van der Waals surface area contributed by atoms with Crippen molar-refractivity contribution in [2.45, 2.75) is 74.3 Å². The van der Waals surface area contributed by atoms with Gasteiger partial charge in [-0.2, -0.15) is 0 Å². The first kappa shape index (κ1) is 23.1. The van der Waals surface area contributed by atoms with Crippen molar-refractivity contribution in [2.24, 2.45) is 34.5 Å². The van der Waals surface area contributed by atoms with Crippen molar-refractivity contribution in [1.29, 1.82) is 0 Å². The summed E-state index contributed by atoms with van der Waals surface area (Å²) in [5.74, 6) is -0.231. The van der Waals surface area contributed by atoms with E-state index >= 15 is 0 Å². The van der Waals surface area contributed by atoms with Gasteiger partial charge in [-0.3, -0.25) is 4.90 Å². The predicted molar refractivity (Wildman–Crippen MR) is 119 cm³/mol. The predicted octanol–water partition coefficient (Wildman–Crippen LogP) is 0.271. The fraction of sp³-hybridized carbons (Fsp3) is 1.00. The standard InChI is InChI=1S/C25H41NO7/c1-6-26-11-22(12-30-2)8-7-16(27)24-14-9-13-15(31-3)10-23(28,17(14)18(13)32-4)25(29,21(24)26)20(33-5)19(22)24/h13-21,27-29H,6-12H2,1-5H3/t13-,14+,15-,16-,17-,18+,19+,20-,21-,22-,23+,24-,25-/m0/s1. The van der Waals surface area contributed by atoms with Crippen molar-refractivity contribution < 1.29 is 34.3 Å². The van der Waals surface area contributed by atoms with Gasteiger partial charge in [0.1, 0.15) is 11.2 Å². The van der Waals surface area contributed by atoms with Crippen molar-refractivity contribution >= 4 is 0 Å². The van der Waals surface area contributed by atoms with Gasteiger partial charge in [-0.25, -0.2) is 0 Å². The first-order chi connectivity index (χ1) is 15.8. The molecular formula is C25H41NO7. The number of likely N-dealkylation sites (N-methyl/N-ethyl adjacent to an activating group) is 1. The fourth-order valence-corrected chi connectivity index (χ4v) is 11.0. The second-order valence-corrected chi connectivity index (χ2v) is 11.9. The van der Waals surface area contributed by atoms with Gasteiger partial charge in [0, 0.05) is 70.0 Å². The van der Waals surface area contributed by atoms with Crippen molar-refractivity contribution in [1.82, 2.24) is 4.90 Å². The molecule has 6 aliphatic rings. The van der Waals surface area contributed by atoms with Gasteiger partial charge in [0.05, 0.1) is 37.1 Å². The molecule has 1 aliphatic heterocycles. The van der Waals surface area contributed by atoms with E-state index in [0.717, 1.165) is 25.9 Å². The lowest BCUT2D eigenvalue weighted by molar-refractivity contribution is -0.318. The molecule has 0 amide bonds. The minimum atomic E-state index is -1.55. The zero-order valence-electron chi connectivity index (χ0n) is 20.6. The van der Waals surface area contributed by atoms with E-state index < -0.39 is 28.8 Å². The average molecular weight is 468 g/mol. The number of hydrogen-bond donors (Lipinski definition) is 3.